The molecule has 2 unspecified atom stereocenters. The number of hydrogen-bond acceptors (Lipinski definition) is 8. The zero-order chi connectivity index (χ0) is 28.8. The molecule has 4 rings (SSSR count). The lowest BCUT2D eigenvalue weighted by molar-refractivity contribution is -0.159. The van der Waals surface area contributed by atoms with Crippen LogP contribution in [0.1, 0.15) is 67.2 Å². The molecule has 218 valence electrons. The van der Waals surface area contributed by atoms with Gasteiger partial charge in [-0.25, -0.2) is 19.2 Å². The second-order valence-electron chi connectivity index (χ2n) is 12.8. The van der Waals surface area contributed by atoms with Crippen LogP contribution < -0.4 is 10.6 Å². The highest BCUT2D eigenvalue weighted by atomic mass is 16.6. The zero-order valence-electron chi connectivity index (χ0n) is 23.7. The van der Waals surface area contributed by atoms with E-state index in [4.69, 9.17) is 29.3 Å². The summed E-state index contributed by atoms with van der Waals surface area (Å²) in [6.07, 6.45) is 4.28. The summed E-state index contributed by atoms with van der Waals surface area (Å²) >= 11 is 0. The van der Waals surface area contributed by atoms with Crippen LogP contribution in [0.4, 0.5) is 9.59 Å². The molecule has 0 bridgehead atoms. The van der Waals surface area contributed by atoms with Gasteiger partial charge in [0.25, 0.3) is 0 Å². The maximum Gasteiger partial charge on any atom is 0.414 e. The van der Waals surface area contributed by atoms with Crippen molar-refractivity contribution in [3.05, 3.63) is 0 Å². The molecule has 38 heavy (non-hydrogen) atoms. The molecule has 0 aromatic heterocycles. The first-order valence-electron chi connectivity index (χ1n) is 13.3. The fraction of sp³-hybridized carbons (Fsp3) is 0.846. The Labute approximate surface area is 225 Å². The van der Waals surface area contributed by atoms with Gasteiger partial charge >= 0.3 is 24.1 Å². The van der Waals surface area contributed by atoms with Gasteiger partial charge in [-0.3, -0.25) is 0 Å². The van der Waals surface area contributed by atoms with E-state index in [9.17, 15) is 9.59 Å². The first-order chi connectivity index (χ1) is 17.4. The van der Waals surface area contributed by atoms with Crippen LogP contribution in [0, 0.1) is 10.8 Å². The van der Waals surface area contributed by atoms with E-state index in [1.54, 1.807) is 0 Å². The Bertz CT molecular complexity index is 782. The number of carbonyl (C=O) groups is 4. The molecule has 4 saturated heterocycles. The van der Waals surface area contributed by atoms with Crippen molar-refractivity contribution in [3.63, 3.8) is 0 Å². The predicted molar refractivity (Wildman–Crippen MR) is 140 cm³/mol. The van der Waals surface area contributed by atoms with Crippen molar-refractivity contribution in [1.82, 2.24) is 20.4 Å². The van der Waals surface area contributed by atoms with Gasteiger partial charge in [-0.1, -0.05) is 0 Å². The third kappa shape index (κ3) is 9.94. The summed E-state index contributed by atoms with van der Waals surface area (Å²) in [5, 5.41) is 21.6. The molecule has 2 spiro atoms. The summed E-state index contributed by atoms with van der Waals surface area (Å²) in [6.45, 7) is 19.1. The third-order valence-corrected chi connectivity index (χ3v) is 7.03. The van der Waals surface area contributed by atoms with E-state index in [0.29, 0.717) is 10.8 Å². The summed E-state index contributed by atoms with van der Waals surface area (Å²) in [4.78, 5) is 45.7. The Balaban J connectivity index is 0.000000221. The van der Waals surface area contributed by atoms with Crippen LogP contribution in [0.25, 0.3) is 0 Å². The van der Waals surface area contributed by atoms with E-state index in [0.717, 1.165) is 65.2 Å². The van der Waals surface area contributed by atoms with Crippen molar-refractivity contribution in [2.75, 3.05) is 52.4 Å². The topological polar surface area (TPSA) is 158 Å². The van der Waals surface area contributed by atoms with Gasteiger partial charge in [-0.15, -0.1) is 0 Å². The number of hydrogen-bond donors (Lipinski definition) is 4. The largest absolute Gasteiger partial charge is 0.473 e. The van der Waals surface area contributed by atoms with Crippen LogP contribution in [0.3, 0.4) is 0 Å². The average Bonchev–Trinajstić information content (AvgIpc) is 3.58. The van der Waals surface area contributed by atoms with Crippen molar-refractivity contribution in [2.24, 2.45) is 10.8 Å². The van der Waals surface area contributed by atoms with Crippen molar-refractivity contribution in [1.29, 1.82) is 0 Å². The summed E-state index contributed by atoms with van der Waals surface area (Å²) in [6, 6.07) is 0. The second kappa shape index (κ2) is 12.5. The number of nitrogens with one attached hydrogen (secondary N) is 2. The van der Waals surface area contributed by atoms with Gasteiger partial charge in [-0.05, 0) is 80.3 Å². The van der Waals surface area contributed by atoms with Gasteiger partial charge in [0.05, 0.1) is 0 Å². The number of amides is 2. The Morgan fingerprint density at radius 2 is 1.00 bits per heavy atom. The number of ether oxygens (including phenoxy) is 2. The monoisotopic (exact) mass is 542 g/mol. The molecule has 0 radical (unpaired) electrons. The number of carbonyl (C=O) groups excluding carboxylic acids is 2. The number of carboxylic acids is 2. The van der Waals surface area contributed by atoms with E-state index >= 15 is 0 Å². The molecular formula is C26H46N4O8. The van der Waals surface area contributed by atoms with Crippen molar-refractivity contribution in [2.45, 2.75) is 78.4 Å². The smallest absolute Gasteiger partial charge is 0.414 e. The molecule has 4 N–H and O–H groups in total. The minimum Gasteiger partial charge on any atom is -0.473 e. The van der Waals surface area contributed by atoms with Crippen LogP contribution in [0.5, 0.6) is 0 Å². The molecular weight excluding hydrogens is 496 g/mol. The highest BCUT2D eigenvalue weighted by Gasteiger charge is 2.44. The molecule has 4 aliphatic rings. The Morgan fingerprint density at radius 3 is 1.24 bits per heavy atom. The van der Waals surface area contributed by atoms with E-state index < -0.39 is 11.9 Å². The van der Waals surface area contributed by atoms with Crippen LogP contribution in [-0.2, 0) is 19.1 Å². The SMILES string of the molecule is CC(C)(C)OC(=O)N1CCC2(CCNC2)C1.CC(C)(C)OC(=O)N1CCC2(CCNC2)C1.O=C(O)C(=O)O. The zero-order valence-corrected chi connectivity index (χ0v) is 23.7. The number of nitrogens with zero attached hydrogens (tertiary/aromatic N) is 2. The molecule has 4 fully saturated rings. The molecule has 2 atom stereocenters. The molecule has 12 nitrogen and oxygen atoms in total. The quantitative estimate of drug-likeness (QED) is 0.335. The highest BCUT2D eigenvalue weighted by Crippen LogP contribution is 2.37. The lowest BCUT2D eigenvalue weighted by atomic mass is 9.87. The second-order valence-corrected chi connectivity index (χ2v) is 12.8. The highest BCUT2D eigenvalue weighted by molar-refractivity contribution is 6.27. The molecule has 0 aromatic carbocycles. The van der Waals surface area contributed by atoms with Crippen LogP contribution in [0.2, 0.25) is 0 Å². The molecule has 4 heterocycles. The number of rotatable bonds is 0. The summed E-state index contributed by atoms with van der Waals surface area (Å²) in [5.74, 6) is -3.65. The predicted octanol–water partition coefficient (Wildman–Crippen LogP) is 2.37. The number of likely N-dealkylation sites (tertiary alicyclic amines) is 2. The average molecular weight is 543 g/mol. The first kappa shape index (κ1) is 31.6. The fourth-order valence-electron chi connectivity index (χ4n) is 5.12. The standard InChI is InChI=1S/2C12H22N2O2.C2H2O4/c2*1-11(2,3)16-10(15)14-7-5-12(9-14)4-6-13-8-12;3-1(4)2(5)6/h2*13H,4-9H2,1-3H3;(H,3,4)(H,5,6). The fourth-order valence-corrected chi connectivity index (χ4v) is 5.12. The van der Waals surface area contributed by atoms with Crippen LogP contribution >= 0.6 is 0 Å². The maximum atomic E-state index is 11.9. The van der Waals surface area contributed by atoms with Crippen LogP contribution in [0.15, 0.2) is 0 Å². The minimum atomic E-state index is -1.82. The third-order valence-electron chi connectivity index (χ3n) is 7.03. The van der Waals surface area contributed by atoms with E-state index in [-0.39, 0.29) is 23.4 Å². The van der Waals surface area contributed by atoms with Crippen molar-refractivity contribution >= 4 is 24.1 Å². The molecule has 12 heteroatoms. The Kier molecular flexibility index (Phi) is 10.4. The summed E-state index contributed by atoms with van der Waals surface area (Å²) in [7, 11) is 0. The van der Waals surface area contributed by atoms with E-state index in [1.165, 1.54) is 12.8 Å². The lowest BCUT2D eigenvalue weighted by Crippen LogP contribution is -2.37. The van der Waals surface area contributed by atoms with Gasteiger partial charge in [0.15, 0.2) is 0 Å². The molecule has 4 aliphatic heterocycles. The van der Waals surface area contributed by atoms with Crippen molar-refractivity contribution < 1.29 is 38.9 Å². The Hall–Kier alpha value is -2.60. The van der Waals surface area contributed by atoms with Gasteiger partial charge < -0.3 is 40.1 Å². The van der Waals surface area contributed by atoms with Gasteiger partial charge in [0.1, 0.15) is 11.2 Å². The van der Waals surface area contributed by atoms with Gasteiger partial charge in [0, 0.05) is 50.1 Å². The number of aliphatic carboxylic acids is 2. The van der Waals surface area contributed by atoms with Crippen LogP contribution in [-0.4, -0.2) is 108 Å². The van der Waals surface area contributed by atoms with Gasteiger partial charge in [0.2, 0.25) is 0 Å². The molecule has 0 saturated carbocycles. The van der Waals surface area contributed by atoms with Gasteiger partial charge in [-0.2, -0.15) is 0 Å². The molecule has 0 aliphatic carbocycles. The van der Waals surface area contributed by atoms with E-state index in [1.807, 2.05) is 51.3 Å². The first-order valence-corrected chi connectivity index (χ1v) is 13.3. The molecule has 2 amide bonds. The number of carboxylic acid groups (broad SMARTS) is 2. The maximum absolute atomic E-state index is 11.9. The lowest BCUT2D eigenvalue weighted by Gasteiger charge is -2.26. The summed E-state index contributed by atoms with van der Waals surface area (Å²) < 4.78 is 10.8. The minimum absolute atomic E-state index is 0.156. The Morgan fingerprint density at radius 1 is 0.658 bits per heavy atom. The molecule has 0 aromatic rings. The van der Waals surface area contributed by atoms with Crippen molar-refractivity contribution in [3.8, 4) is 0 Å². The summed E-state index contributed by atoms with van der Waals surface area (Å²) in [5.41, 5.74) is -0.116. The normalized spacial score (nSPS) is 26.5. The van der Waals surface area contributed by atoms with E-state index in [2.05, 4.69) is 10.6 Å².